The van der Waals surface area contributed by atoms with Crippen LogP contribution in [0.3, 0.4) is 0 Å². The molecule has 0 spiro atoms. The van der Waals surface area contributed by atoms with E-state index in [0.717, 1.165) is 30.9 Å². The highest BCUT2D eigenvalue weighted by Crippen LogP contribution is 2.38. The van der Waals surface area contributed by atoms with Crippen molar-refractivity contribution >= 4 is 17.4 Å². The van der Waals surface area contributed by atoms with Gasteiger partial charge < -0.3 is 10.2 Å². The summed E-state index contributed by atoms with van der Waals surface area (Å²) in [5, 5.41) is 14.2. The van der Waals surface area contributed by atoms with E-state index in [0.29, 0.717) is 11.8 Å². The van der Waals surface area contributed by atoms with Gasteiger partial charge in [-0.1, -0.05) is 12.8 Å². The lowest BCUT2D eigenvalue weighted by Gasteiger charge is -2.32. The maximum absolute atomic E-state index is 12.2. The summed E-state index contributed by atoms with van der Waals surface area (Å²) in [6.45, 7) is 5.62. The van der Waals surface area contributed by atoms with Gasteiger partial charge in [0.15, 0.2) is 0 Å². The molecule has 2 amide bonds. The Labute approximate surface area is 136 Å². The van der Waals surface area contributed by atoms with Crippen molar-refractivity contribution in [2.75, 3.05) is 13.1 Å². The molecule has 2 heterocycles. The van der Waals surface area contributed by atoms with E-state index in [4.69, 9.17) is 0 Å². The molecule has 0 radical (unpaired) electrons. The molecule has 2 fully saturated rings. The number of amides is 2. The Morgan fingerprint density at radius 3 is 2.45 bits per heavy atom. The van der Waals surface area contributed by atoms with Crippen LogP contribution in [-0.2, 0) is 0 Å². The summed E-state index contributed by atoms with van der Waals surface area (Å²) in [5.74, 6) is 0.995. The lowest BCUT2D eigenvalue weighted by molar-refractivity contribution is 0.177. The zero-order chi connectivity index (χ0) is 15.5. The molecule has 5 nitrogen and oxygen atoms in total. The fourth-order valence-corrected chi connectivity index (χ4v) is 4.59. The molecule has 0 aromatic carbocycles. The molecule has 3 rings (SSSR count). The van der Waals surface area contributed by atoms with Crippen molar-refractivity contribution in [1.29, 1.82) is 0 Å². The largest absolute Gasteiger partial charge is 0.336 e. The third-order valence-corrected chi connectivity index (χ3v) is 5.88. The van der Waals surface area contributed by atoms with Crippen LogP contribution in [0.5, 0.6) is 0 Å². The van der Waals surface area contributed by atoms with Gasteiger partial charge in [-0.25, -0.2) is 4.79 Å². The number of nitrogens with zero attached hydrogens (tertiary/aromatic N) is 3. The maximum atomic E-state index is 12.2. The van der Waals surface area contributed by atoms with E-state index in [1.54, 1.807) is 11.3 Å². The van der Waals surface area contributed by atoms with Crippen molar-refractivity contribution in [3.63, 3.8) is 0 Å². The number of carbonyl (C=O) groups excluding carboxylic acids is 1. The average Bonchev–Trinajstić information content (AvgIpc) is 3.18. The lowest BCUT2D eigenvalue weighted by atomic mass is 9.99. The monoisotopic (exact) mass is 322 g/mol. The molecule has 2 aliphatic rings. The molecule has 1 aromatic rings. The highest BCUT2D eigenvalue weighted by molar-refractivity contribution is 7.11. The molecular formula is C16H26N4OS. The van der Waals surface area contributed by atoms with Gasteiger partial charge in [0, 0.05) is 31.0 Å². The number of hydrogen-bond donors (Lipinski definition) is 1. The van der Waals surface area contributed by atoms with Gasteiger partial charge in [0.1, 0.15) is 10.0 Å². The minimum atomic E-state index is 0.0558. The number of carbonyl (C=O) groups is 1. The number of likely N-dealkylation sites (tertiary alicyclic amines) is 1. The predicted molar refractivity (Wildman–Crippen MR) is 88.3 cm³/mol. The van der Waals surface area contributed by atoms with E-state index in [9.17, 15) is 4.79 Å². The number of piperidine rings is 1. The summed E-state index contributed by atoms with van der Waals surface area (Å²) in [6, 6.07) is 0.239. The summed E-state index contributed by atoms with van der Waals surface area (Å²) in [6.07, 6.45) is 7.35. The zero-order valence-electron chi connectivity index (χ0n) is 13.5. The van der Waals surface area contributed by atoms with E-state index < -0.39 is 0 Å². The molecule has 1 aliphatic heterocycles. The van der Waals surface area contributed by atoms with Crippen molar-refractivity contribution < 1.29 is 4.79 Å². The molecule has 6 heteroatoms. The van der Waals surface area contributed by atoms with Crippen molar-refractivity contribution in [3.8, 4) is 0 Å². The summed E-state index contributed by atoms with van der Waals surface area (Å²) >= 11 is 1.78. The first-order valence-corrected chi connectivity index (χ1v) is 9.34. The van der Waals surface area contributed by atoms with Gasteiger partial charge >= 0.3 is 6.03 Å². The summed E-state index contributed by atoms with van der Waals surface area (Å²) in [7, 11) is 0. The van der Waals surface area contributed by atoms with Crippen LogP contribution in [0.25, 0.3) is 0 Å². The summed E-state index contributed by atoms with van der Waals surface area (Å²) in [5.41, 5.74) is 0. The molecule has 1 saturated carbocycles. The first-order valence-electron chi connectivity index (χ1n) is 8.52. The third kappa shape index (κ3) is 3.59. The van der Waals surface area contributed by atoms with Gasteiger partial charge in [-0.3, -0.25) is 0 Å². The van der Waals surface area contributed by atoms with Crippen LogP contribution in [0.4, 0.5) is 4.79 Å². The second-order valence-electron chi connectivity index (χ2n) is 6.85. The minimum Gasteiger partial charge on any atom is -0.336 e. The molecular weight excluding hydrogens is 296 g/mol. The van der Waals surface area contributed by atoms with E-state index in [1.807, 2.05) is 18.7 Å². The van der Waals surface area contributed by atoms with Gasteiger partial charge in [0.05, 0.1) is 0 Å². The predicted octanol–water partition coefficient (Wildman–Crippen LogP) is 3.49. The Bertz CT molecular complexity index is 510. The minimum absolute atomic E-state index is 0.0558. The normalized spacial score (nSPS) is 23.2. The van der Waals surface area contributed by atoms with Crippen LogP contribution in [0.1, 0.15) is 74.2 Å². The van der Waals surface area contributed by atoms with Gasteiger partial charge in [-0.15, -0.1) is 21.5 Å². The first-order chi connectivity index (χ1) is 10.6. The molecule has 1 aromatic heterocycles. The smallest absolute Gasteiger partial charge is 0.317 e. The summed E-state index contributed by atoms with van der Waals surface area (Å²) in [4.78, 5) is 14.1. The summed E-state index contributed by atoms with van der Waals surface area (Å²) < 4.78 is 0. The standard InChI is InChI=1S/C16H26N4OS/c1-11(2)17-16(21)20-9-5-8-13(10-20)15-19-18-14(22-15)12-6-3-4-7-12/h11-13H,3-10H2,1-2H3,(H,17,21). The van der Waals surface area contributed by atoms with Gasteiger partial charge in [-0.2, -0.15) is 0 Å². The second kappa shape index (κ2) is 6.94. The average molecular weight is 322 g/mol. The highest BCUT2D eigenvalue weighted by atomic mass is 32.1. The molecule has 1 saturated heterocycles. The highest BCUT2D eigenvalue weighted by Gasteiger charge is 2.29. The number of aromatic nitrogens is 2. The number of nitrogens with one attached hydrogen (secondary N) is 1. The molecule has 1 N–H and O–H groups in total. The van der Waals surface area contributed by atoms with Crippen molar-refractivity contribution in [1.82, 2.24) is 20.4 Å². The fraction of sp³-hybridized carbons (Fsp3) is 0.812. The Morgan fingerprint density at radius 1 is 1.14 bits per heavy atom. The molecule has 122 valence electrons. The maximum Gasteiger partial charge on any atom is 0.317 e. The molecule has 1 unspecified atom stereocenters. The quantitative estimate of drug-likeness (QED) is 0.926. The van der Waals surface area contributed by atoms with Crippen molar-refractivity contribution in [2.45, 2.75) is 70.3 Å². The Kier molecular flexibility index (Phi) is 4.96. The van der Waals surface area contributed by atoms with E-state index >= 15 is 0 Å². The van der Waals surface area contributed by atoms with Crippen LogP contribution in [0, 0.1) is 0 Å². The second-order valence-corrected chi connectivity index (χ2v) is 7.89. The van der Waals surface area contributed by atoms with Crippen LogP contribution >= 0.6 is 11.3 Å². The number of hydrogen-bond acceptors (Lipinski definition) is 4. The van der Waals surface area contributed by atoms with Crippen LogP contribution in [0.15, 0.2) is 0 Å². The van der Waals surface area contributed by atoms with Crippen LogP contribution in [-0.4, -0.2) is 40.3 Å². The van der Waals surface area contributed by atoms with Crippen molar-refractivity contribution in [2.24, 2.45) is 0 Å². The van der Waals surface area contributed by atoms with E-state index in [-0.39, 0.29) is 12.1 Å². The van der Waals surface area contributed by atoms with Gasteiger partial charge in [-0.05, 0) is 39.5 Å². The molecule has 0 bridgehead atoms. The van der Waals surface area contributed by atoms with Gasteiger partial charge in [0.25, 0.3) is 0 Å². The van der Waals surface area contributed by atoms with Gasteiger partial charge in [0.2, 0.25) is 0 Å². The van der Waals surface area contributed by atoms with E-state index in [2.05, 4.69) is 15.5 Å². The van der Waals surface area contributed by atoms with E-state index in [1.165, 1.54) is 30.7 Å². The topological polar surface area (TPSA) is 58.1 Å². The molecule has 1 aliphatic carbocycles. The number of rotatable bonds is 3. The first kappa shape index (κ1) is 15.7. The van der Waals surface area contributed by atoms with Crippen molar-refractivity contribution in [3.05, 3.63) is 10.0 Å². The Morgan fingerprint density at radius 2 is 1.77 bits per heavy atom. The SMILES string of the molecule is CC(C)NC(=O)N1CCCC(c2nnc(C3CCCC3)s2)C1. The molecule has 22 heavy (non-hydrogen) atoms. The lowest BCUT2D eigenvalue weighted by Crippen LogP contribution is -2.46. The molecule has 1 atom stereocenters. The Balaban J connectivity index is 1.63. The fourth-order valence-electron chi connectivity index (χ4n) is 3.45. The number of urea groups is 1. The van der Waals surface area contributed by atoms with Crippen LogP contribution < -0.4 is 5.32 Å². The van der Waals surface area contributed by atoms with Crippen LogP contribution in [0.2, 0.25) is 0 Å². The third-order valence-electron chi connectivity index (χ3n) is 4.63. The Hall–Kier alpha value is -1.17. The zero-order valence-corrected chi connectivity index (χ0v) is 14.4.